The lowest BCUT2D eigenvalue weighted by molar-refractivity contribution is 0.619. The largest absolute Gasteiger partial charge is 0.456 e. The molecule has 0 aliphatic carbocycles. The summed E-state index contributed by atoms with van der Waals surface area (Å²) in [6.45, 7) is 0. The van der Waals surface area contributed by atoms with Gasteiger partial charge in [0.15, 0.2) is 5.58 Å². The molecule has 2 aromatic heterocycles. The average molecular weight is 705 g/mol. The first-order valence-electron chi connectivity index (χ1n) is 18.5. The first-order chi connectivity index (χ1) is 27.2. The molecule has 0 amide bonds. The highest BCUT2D eigenvalue weighted by atomic mass is 16.3. The number of aromatic nitrogens is 1. The van der Waals surface area contributed by atoms with E-state index in [4.69, 9.17) is 13.8 Å². The predicted molar refractivity (Wildman–Crippen MR) is 227 cm³/mol. The number of nitrogens with zero attached hydrogens (tertiary/aromatic N) is 2. The molecule has 55 heavy (non-hydrogen) atoms. The summed E-state index contributed by atoms with van der Waals surface area (Å²) in [5.41, 5.74) is 11.9. The molecule has 0 bridgehead atoms. The number of para-hydroxylation sites is 2. The molecule has 0 spiro atoms. The van der Waals surface area contributed by atoms with E-state index in [1.165, 1.54) is 32.7 Å². The van der Waals surface area contributed by atoms with Crippen LogP contribution in [0.15, 0.2) is 203 Å². The number of rotatable bonds is 6. The maximum atomic E-state index is 6.36. The Morgan fingerprint density at radius 3 is 1.69 bits per heavy atom. The van der Waals surface area contributed by atoms with Gasteiger partial charge in [0, 0.05) is 38.7 Å². The van der Waals surface area contributed by atoms with Crippen LogP contribution in [0.2, 0.25) is 0 Å². The zero-order valence-electron chi connectivity index (χ0n) is 29.7. The van der Waals surface area contributed by atoms with Crippen LogP contribution in [0.4, 0.5) is 17.1 Å². The molecule has 0 saturated carbocycles. The van der Waals surface area contributed by atoms with Gasteiger partial charge in [-0.1, -0.05) is 133 Å². The maximum Gasteiger partial charge on any atom is 0.227 e. The van der Waals surface area contributed by atoms with Crippen LogP contribution in [0.5, 0.6) is 0 Å². The van der Waals surface area contributed by atoms with Gasteiger partial charge in [-0.25, -0.2) is 4.98 Å². The Hall–Kier alpha value is -7.43. The number of hydrogen-bond acceptors (Lipinski definition) is 4. The lowest BCUT2D eigenvalue weighted by Gasteiger charge is -2.27. The van der Waals surface area contributed by atoms with Crippen LogP contribution in [0, 0.1) is 0 Å². The van der Waals surface area contributed by atoms with Gasteiger partial charge in [-0.15, -0.1) is 0 Å². The molecule has 0 aliphatic heterocycles. The average Bonchev–Trinajstić information content (AvgIpc) is 3.86. The van der Waals surface area contributed by atoms with Gasteiger partial charge in [0.1, 0.15) is 16.7 Å². The van der Waals surface area contributed by atoms with Gasteiger partial charge in [0.05, 0.1) is 5.69 Å². The molecule has 0 fully saturated rings. The van der Waals surface area contributed by atoms with Crippen LogP contribution in [0.1, 0.15) is 0 Å². The van der Waals surface area contributed by atoms with E-state index in [1.807, 2.05) is 36.4 Å². The molecular weight excluding hydrogens is 673 g/mol. The van der Waals surface area contributed by atoms with Crippen LogP contribution < -0.4 is 4.90 Å². The number of hydrogen-bond donors (Lipinski definition) is 0. The second-order valence-corrected chi connectivity index (χ2v) is 13.9. The molecule has 11 aromatic rings. The van der Waals surface area contributed by atoms with Crippen molar-refractivity contribution in [1.29, 1.82) is 0 Å². The fraction of sp³-hybridized carbons (Fsp3) is 0. The summed E-state index contributed by atoms with van der Waals surface area (Å²) in [6.07, 6.45) is 0. The molecule has 0 aliphatic rings. The second-order valence-electron chi connectivity index (χ2n) is 13.9. The summed E-state index contributed by atoms with van der Waals surface area (Å²) in [7, 11) is 0. The van der Waals surface area contributed by atoms with Crippen molar-refractivity contribution in [1.82, 2.24) is 4.98 Å². The van der Waals surface area contributed by atoms with Crippen LogP contribution in [0.3, 0.4) is 0 Å². The first kappa shape index (κ1) is 31.1. The summed E-state index contributed by atoms with van der Waals surface area (Å²) >= 11 is 0. The van der Waals surface area contributed by atoms with Gasteiger partial charge in [-0.2, -0.15) is 0 Å². The Labute approximate surface area is 317 Å². The lowest BCUT2D eigenvalue weighted by atomic mass is 9.98. The summed E-state index contributed by atoms with van der Waals surface area (Å²) in [5.74, 6) is 0.565. The zero-order valence-corrected chi connectivity index (χ0v) is 29.7. The van der Waals surface area contributed by atoms with E-state index in [0.717, 1.165) is 66.8 Å². The maximum absolute atomic E-state index is 6.36. The van der Waals surface area contributed by atoms with Crippen molar-refractivity contribution in [3.8, 4) is 33.7 Å². The number of anilines is 3. The SMILES string of the molecule is c1ccc2c(-c3ccc(N(c4ccc(-c5cccc6oc(-c7ccc8c(c7)oc7ccccc78)nc56)cc4)c4cccc5ccccc45)cc3)cccc2c1. The van der Waals surface area contributed by atoms with Gasteiger partial charge in [0.2, 0.25) is 5.89 Å². The van der Waals surface area contributed by atoms with Gasteiger partial charge >= 0.3 is 0 Å². The molecule has 258 valence electrons. The Balaban J connectivity index is 0.982. The number of oxazole rings is 1. The third-order valence-corrected chi connectivity index (χ3v) is 10.7. The fourth-order valence-corrected chi connectivity index (χ4v) is 8.05. The Kier molecular flexibility index (Phi) is 7.14. The first-order valence-corrected chi connectivity index (χ1v) is 18.5. The molecular formula is C51H32N2O2. The van der Waals surface area contributed by atoms with Gasteiger partial charge < -0.3 is 13.7 Å². The highest BCUT2D eigenvalue weighted by Gasteiger charge is 2.18. The molecule has 9 aromatic carbocycles. The Bertz CT molecular complexity index is 3200. The number of furan rings is 1. The molecule has 0 N–H and O–H groups in total. The van der Waals surface area contributed by atoms with E-state index >= 15 is 0 Å². The fourth-order valence-electron chi connectivity index (χ4n) is 8.05. The van der Waals surface area contributed by atoms with Crippen molar-refractivity contribution < 1.29 is 8.83 Å². The number of fused-ring (bicyclic) bond motifs is 6. The Morgan fingerprint density at radius 1 is 0.364 bits per heavy atom. The van der Waals surface area contributed by atoms with Crippen molar-refractivity contribution >= 4 is 71.6 Å². The molecule has 0 atom stereocenters. The molecule has 0 unspecified atom stereocenters. The lowest BCUT2D eigenvalue weighted by Crippen LogP contribution is -2.10. The van der Waals surface area contributed by atoms with E-state index in [0.29, 0.717) is 5.89 Å². The van der Waals surface area contributed by atoms with E-state index in [9.17, 15) is 0 Å². The van der Waals surface area contributed by atoms with E-state index in [1.54, 1.807) is 0 Å². The van der Waals surface area contributed by atoms with Crippen LogP contribution in [-0.4, -0.2) is 4.98 Å². The molecule has 4 heteroatoms. The van der Waals surface area contributed by atoms with E-state index < -0.39 is 0 Å². The topological polar surface area (TPSA) is 42.4 Å². The second kappa shape index (κ2) is 12.6. The van der Waals surface area contributed by atoms with Crippen LogP contribution >= 0.6 is 0 Å². The highest BCUT2D eigenvalue weighted by molar-refractivity contribution is 6.06. The van der Waals surface area contributed by atoms with Gasteiger partial charge in [0.25, 0.3) is 0 Å². The van der Waals surface area contributed by atoms with E-state index in [2.05, 4.69) is 163 Å². The van der Waals surface area contributed by atoms with Crippen molar-refractivity contribution in [2.75, 3.05) is 4.90 Å². The summed E-state index contributed by atoms with van der Waals surface area (Å²) in [6, 6.07) is 68.3. The smallest absolute Gasteiger partial charge is 0.227 e. The number of benzene rings is 9. The summed E-state index contributed by atoms with van der Waals surface area (Å²) in [5, 5.41) is 7.05. The zero-order chi connectivity index (χ0) is 36.3. The molecule has 0 radical (unpaired) electrons. The van der Waals surface area contributed by atoms with Crippen molar-refractivity contribution in [3.05, 3.63) is 194 Å². The minimum absolute atomic E-state index is 0.565. The quantitative estimate of drug-likeness (QED) is 0.173. The summed E-state index contributed by atoms with van der Waals surface area (Å²) < 4.78 is 12.5. The van der Waals surface area contributed by atoms with Gasteiger partial charge in [-0.3, -0.25) is 0 Å². The molecule has 4 nitrogen and oxygen atoms in total. The van der Waals surface area contributed by atoms with E-state index in [-0.39, 0.29) is 0 Å². The Morgan fingerprint density at radius 2 is 0.909 bits per heavy atom. The normalized spacial score (nSPS) is 11.6. The van der Waals surface area contributed by atoms with Crippen molar-refractivity contribution in [3.63, 3.8) is 0 Å². The molecule has 0 saturated heterocycles. The van der Waals surface area contributed by atoms with Crippen LogP contribution in [0.25, 0.3) is 88.3 Å². The summed E-state index contributed by atoms with van der Waals surface area (Å²) in [4.78, 5) is 7.39. The minimum Gasteiger partial charge on any atom is -0.456 e. The highest BCUT2D eigenvalue weighted by Crippen LogP contribution is 2.42. The van der Waals surface area contributed by atoms with Crippen molar-refractivity contribution in [2.24, 2.45) is 0 Å². The molecule has 11 rings (SSSR count). The van der Waals surface area contributed by atoms with Crippen molar-refractivity contribution in [2.45, 2.75) is 0 Å². The van der Waals surface area contributed by atoms with Crippen LogP contribution in [-0.2, 0) is 0 Å². The third-order valence-electron chi connectivity index (χ3n) is 10.7. The third kappa shape index (κ3) is 5.26. The minimum atomic E-state index is 0.565. The molecule has 2 heterocycles. The standard InChI is InChI=1S/C51H32N2O2/c1-3-14-40-33(10-1)12-7-17-41(40)35-22-27-38(28-23-35)53(46-19-8-13-34-11-2-4-15-42(34)46)39-29-24-36(25-30-39)43-18-9-21-48-50(43)52-51(55-48)37-26-31-45-44-16-5-6-20-47(44)54-49(45)32-37/h1-32H. The monoisotopic (exact) mass is 704 g/mol. The predicted octanol–water partition coefficient (Wildman–Crippen LogP) is 14.5. The van der Waals surface area contributed by atoms with Gasteiger partial charge in [-0.05, 0) is 93.5 Å².